The van der Waals surface area contributed by atoms with Crippen LogP contribution in [0.4, 0.5) is 8.78 Å². The first-order valence-electron chi connectivity index (χ1n) is 3.41. The smallest absolute Gasteiger partial charge is 0.281 e. The molecule has 68 valence electrons. The molecule has 0 radical (unpaired) electrons. The fourth-order valence-corrected chi connectivity index (χ4v) is 0.831. The lowest BCUT2D eigenvalue weighted by molar-refractivity contribution is 0.145. The number of rotatable bonds is 2. The van der Waals surface area contributed by atoms with Crippen LogP contribution in [0.15, 0.2) is 12.3 Å². The number of nitrogens with zero attached hydrogens (tertiary/aromatic N) is 2. The molecule has 1 heterocycles. The van der Waals surface area contributed by atoms with Crippen molar-refractivity contribution in [3.05, 3.63) is 23.5 Å². The van der Waals surface area contributed by atoms with Crippen molar-refractivity contribution in [2.24, 2.45) is 0 Å². The first-order valence-corrected chi connectivity index (χ1v) is 3.41. The van der Waals surface area contributed by atoms with Gasteiger partial charge in [-0.25, -0.2) is 8.78 Å². The molecule has 0 fully saturated rings. The molecule has 3 nitrogen and oxygen atoms in total. The number of ether oxygens (including phenoxy) is 1. The van der Waals surface area contributed by atoms with Crippen LogP contribution in [-0.2, 0) is 0 Å². The van der Waals surface area contributed by atoms with Gasteiger partial charge < -0.3 is 4.74 Å². The number of hydrogen-bond acceptors (Lipinski definition) is 3. The summed E-state index contributed by atoms with van der Waals surface area (Å²) in [4.78, 5) is 3.42. The molecule has 0 saturated carbocycles. The van der Waals surface area contributed by atoms with Gasteiger partial charge in [-0.15, -0.1) is 0 Å². The Labute approximate surface area is 73.6 Å². The predicted octanol–water partition coefficient (Wildman–Crippen LogP) is 1.90. The number of nitriles is 1. The zero-order chi connectivity index (χ0) is 9.84. The summed E-state index contributed by atoms with van der Waals surface area (Å²) in [5.41, 5.74) is -0.669. The summed E-state index contributed by atoms with van der Waals surface area (Å²) in [7, 11) is 1.38. The molecule has 0 aromatic carbocycles. The van der Waals surface area contributed by atoms with Gasteiger partial charge >= 0.3 is 0 Å². The second kappa shape index (κ2) is 3.81. The molecule has 1 rings (SSSR count). The van der Waals surface area contributed by atoms with Crippen LogP contribution in [0.3, 0.4) is 0 Å². The van der Waals surface area contributed by atoms with Crippen molar-refractivity contribution in [3.8, 4) is 11.8 Å². The van der Waals surface area contributed by atoms with Gasteiger partial charge in [0.2, 0.25) is 0 Å². The molecule has 0 aliphatic heterocycles. The maximum absolute atomic E-state index is 12.2. The summed E-state index contributed by atoms with van der Waals surface area (Å²) in [6.45, 7) is 0. The molecule has 0 saturated heterocycles. The van der Waals surface area contributed by atoms with E-state index in [-0.39, 0.29) is 5.56 Å². The Bertz CT molecular complexity index is 346. The van der Waals surface area contributed by atoms with Gasteiger partial charge in [-0.3, -0.25) is 4.98 Å². The monoisotopic (exact) mass is 184 g/mol. The lowest BCUT2D eigenvalue weighted by Gasteiger charge is -2.03. The number of hydrogen-bond donors (Lipinski definition) is 0. The molecule has 1 aromatic rings. The molecule has 0 atom stereocenters. The van der Waals surface area contributed by atoms with E-state index in [1.807, 2.05) is 0 Å². The Kier molecular flexibility index (Phi) is 2.75. The van der Waals surface area contributed by atoms with Crippen LogP contribution < -0.4 is 4.74 Å². The Morgan fingerprint density at radius 2 is 2.31 bits per heavy atom. The fourth-order valence-electron chi connectivity index (χ4n) is 0.831. The molecule has 0 aliphatic carbocycles. The number of pyridine rings is 1. The quantitative estimate of drug-likeness (QED) is 0.705. The Hall–Kier alpha value is -1.70. The number of aromatic nitrogens is 1. The predicted molar refractivity (Wildman–Crippen MR) is 40.5 cm³/mol. The van der Waals surface area contributed by atoms with Crippen LogP contribution in [0.2, 0.25) is 0 Å². The van der Waals surface area contributed by atoms with E-state index in [1.54, 1.807) is 6.07 Å². The van der Waals surface area contributed by atoms with Crippen molar-refractivity contribution in [1.82, 2.24) is 4.98 Å². The Morgan fingerprint density at radius 1 is 1.62 bits per heavy atom. The van der Waals surface area contributed by atoms with Crippen LogP contribution in [-0.4, -0.2) is 12.1 Å². The Balaban J connectivity index is 3.18. The van der Waals surface area contributed by atoms with E-state index in [2.05, 4.69) is 4.98 Å². The third-order valence-electron chi connectivity index (χ3n) is 1.46. The molecule has 5 heteroatoms. The molecule has 0 unspecified atom stereocenters. The molecule has 0 spiro atoms. The van der Waals surface area contributed by atoms with Gasteiger partial charge in [0.25, 0.3) is 6.43 Å². The minimum absolute atomic E-state index is 0.158. The minimum atomic E-state index is -2.74. The molecule has 0 bridgehead atoms. The third kappa shape index (κ3) is 1.90. The van der Waals surface area contributed by atoms with Gasteiger partial charge in [-0.05, 0) is 0 Å². The van der Waals surface area contributed by atoms with E-state index in [0.29, 0.717) is 5.75 Å². The van der Waals surface area contributed by atoms with Crippen molar-refractivity contribution in [3.63, 3.8) is 0 Å². The van der Waals surface area contributed by atoms with Gasteiger partial charge in [-0.2, -0.15) is 5.26 Å². The molecular weight excluding hydrogens is 178 g/mol. The summed E-state index contributed by atoms with van der Waals surface area (Å²) in [5.74, 6) is 0.293. The second-order valence-corrected chi connectivity index (χ2v) is 2.22. The first-order chi connectivity index (χ1) is 6.19. The van der Waals surface area contributed by atoms with Gasteiger partial charge in [0.05, 0.1) is 18.9 Å². The molecule has 1 aromatic heterocycles. The van der Waals surface area contributed by atoms with Gasteiger partial charge in [0, 0.05) is 6.07 Å². The molecule has 0 aliphatic rings. The summed E-state index contributed by atoms with van der Waals surface area (Å²) < 4.78 is 29.1. The average Bonchev–Trinajstić information content (AvgIpc) is 2.16. The van der Waals surface area contributed by atoms with Crippen molar-refractivity contribution in [2.45, 2.75) is 6.43 Å². The molecule has 0 N–H and O–H groups in total. The normalized spacial score (nSPS) is 9.77. The van der Waals surface area contributed by atoms with Crippen LogP contribution in [0.1, 0.15) is 17.7 Å². The Morgan fingerprint density at radius 3 is 2.77 bits per heavy atom. The van der Waals surface area contributed by atoms with E-state index >= 15 is 0 Å². The highest BCUT2D eigenvalue weighted by molar-refractivity contribution is 5.38. The largest absolute Gasteiger partial charge is 0.495 e. The van der Waals surface area contributed by atoms with E-state index in [0.717, 1.165) is 6.20 Å². The van der Waals surface area contributed by atoms with Crippen molar-refractivity contribution in [2.75, 3.05) is 7.11 Å². The van der Waals surface area contributed by atoms with Gasteiger partial charge in [0.1, 0.15) is 17.5 Å². The average molecular weight is 184 g/mol. The molecule has 13 heavy (non-hydrogen) atoms. The SMILES string of the molecule is COc1cnc(C(F)F)c(C#N)c1. The topological polar surface area (TPSA) is 45.9 Å². The van der Waals surface area contributed by atoms with E-state index in [9.17, 15) is 8.78 Å². The van der Waals surface area contributed by atoms with E-state index in [4.69, 9.17) is 10.00 Å². The zero-order valence-electron chi connectivity index (χ0n) is 6.79. The minimum Gasteiger partial charge on any atom is -0.495 e. The highest BCUT2D eigenvalue weighted by Gasteiger charge is 2.15. The number of halogens is 2. The number of alkyl halides is 2. The van der Waals surface area contributed by atoms with E-state index < -0.39 is 12.1 Å². The molecular formula is C8H6F2N2O. The van der Waals surface area contributed by atoms with Crippen LogP contribution in [0.5, 0.6) is 5.75 Å². The number of methoxy groups -OCH3 is 1. The van der Waals surface area contributed by atoms with Crippen LogP contribution in [0.25, 0.3) is 0 Å². The van der Waals surface area contributed by atoms with Crippen molar-refractivity contribution in [1.29, 1.82) is 5.26 Å². The van der Waals surface area contributed by atoms with Gasteiger partial charge in [-0.1, -0.05) is 0 Å². The second-order valence-electron chi connectivity index (χ2n) is 2.22. The van der Waals surface area contributed by atoms with Crippen LogP contribution in [0, 0.1) is 11.3 Å². The van der Waals surface area contributed by atoms with Crippen LogP contribution >= 0.6 is 0 Å². The summed E-state index contributed by atoms with van der Waals surface area (Å²) in [6, 6.07) is 2.86. The van der Waals surface area contributed by atoms with Gasteiger partial charge in [0.15, 0.2) is 0 Å². The third-order valence-corrected chi connectivity index (χ3v) is 1.46. The standard InChI is InChI=1S/C8H6F2N2O/c1-13-6-2-5(3-11)7(8(9)10)12-4-6/h2,4,8H,1H3. The van der Waals surface area contributed by atoms with E-state index in [1.165, 1.54) is 13.2 Å². The van der Waals surface area contributed by atoms with Crippen molar-refractivity contribution < 1.29 is 13.5 Å². The summed E-state index contributed by atoms with van der Waals surface area (Å²) in [5, 5.41) is 8.51. The van der Waals surface area contributed by atoms with Crippen molar-refractivity contribution >= 4 is 0 Å². The zero-order valence-corrected chi connectivity index (χ0v) is 6.79. The summed E-state index contributed by atoms with van der Waals surface area (Å²) >= 11 is 0. The lowest BCUT2D eigenvalue weighted by atomic mass is 10.2. The summed E-state index contributed by atoms with van der Waals surface area (Å²) in [6.07, 6.45) is -1.58. The highest BCUT2D eigenvalue weighted by Crippen LogP contribution is 2.22. The fraction of sp³-hybridized carbons (Fsp3) is 0.250. The first kappa shape index (κ1) is 9.39. The highest BCUT2D eigenvalue weighted by atomic mass is 19.3. The maximum Gasteiger partial charge on any atom is 0.281 e. The maximum atomic E-state index is 12.2. The molecule has 0 amide bonds. The lowest BCUT2D eigenvalue weighted by Crippen LogP contribution is -1.96.